The SMILES string of the molecule is COCCONC(=O)c1ccc(C)cc1Br. The molecule has 16 heavy (non-hydrogen) atoms. The highest BCUT2D eigenvalue weighted by atomic mass is 79.9. The maximum Gasteiger partial charge on any atom is 0.275 e. The molecule has 88 valence electrons. The Morgan fingerprint density at radius 1 is 1.44 bits per heavy atom. The van der Waals surface area contributed by atoms with E-state index in [2.05, 4.69) is 21.4 Å². The van der Waals surface area contributed by atoms with Crippen molar-refractivity contribution in [3.63, 3.8) is 0 Å². The van der Waals surface area contributed by atoms with Gasteiger partial charge in [-0.1, -0.05) is 6.07 Å². The first kappa shape index (κ1) is 13.2. The number of hydrogen-bond donors (Lipinski definition) is 1. The number of nitrogens with one attached hydrogen (secondary N) is 1. The van der Waals surface area contributed by atoms with Crippen molar-refractivity contribution >= 4 is 21.8 Å². The fourth-order valence-electron chi connectivity index (χ4n) is 1.10. The molecular weight excluding hydrogens is 274 g/mol. The van der Waals surface area contributed by atoms with Crippen molar-refractivity contribution in [2.75, 3.05) is 20.3 Å². The molecule has 1 N–H and O–H groups in total. The number of halogens is 1. The van der Waals surface area contributed by atoms with Gasteiger partial charge in [0.2, 0.25) is 0 Å². The fourth-order valence-corrected chi connectivity index (χ4v) is 1.77. The summed E-state index contributed by atoms with van der Waals surface area (Å²) in [6, 6.07) is 5.49. The normalized spacial score (nSPS) is 10.2. The van der Waals surface area contributed by atoms with E-state index in [-0.39, 0.29) is 5.91 Å². The summed E-state index contributed by atoms with van der Waals surface area (Å²) in [6.07, 6.45) is 0. The van der Waals surface area contributed by atoms with Gasteiger partial charge >= 0.3 is 0 Å². The molecule has 1 aromatic rings. The van der Waals surface area contributed by atoms with Crippen LogP contribution in [-0.2, 0) is 9.57 Å². The summed E-state index contributed by atoms with van der Waals surface area (Å²) in [4.78, 5) is 16.6. The van der Waals surface area contributed by atoms with E-state index in [0.29, 0.717) is 18.8 Å². The van der Waals surface area contributed by atoms with E-state index < -0.39 is 0 Å². The Balaban J connectivity index is 2.53. The predicted molar refractivity (Wildman–Crippen MR) is 64.2 cm³/mol. The van der Waals surface area contributed by atoms with E-state index in [9.17, 15) is 4.79 Å². The molecule has 0 aromatic heterocycles. The number of benzene rings is 1. The molecule has 0 heterocycles. The van der Waals surface area contributed by atoms with E-state index >= 15 is 0 Å². The predicted octanol–water partition coefficient (Wildman–Crippen LogP) is 2.07. The topological polar surface area (TPSA) is 47.6 Å². The lowest BCUT2D eigenvalue weighted by atomic mass is 10.1. The van der Waals surface area contributed by atoms with Crippen molar-refractivity contribution < 1.29 is 14.4 Å². The average Bonchev–Trinajstić information content (AvgIpc) is 2.24. The quantitative estimate of drug-likeness (QED) is 0.666. The summed E-state index contributed by atoms with van der Waals surface area (Å²) >= 11 is 3.33. The first-order valence-electron chi connectivity index (χ1n) is 4.82. The molecule has 0 spiro atoms. The molecule has 0 saturated heterocycles. The van der Waals surface area contributed by atoms with E-state index in [0.717, 1.165) is 10.0 Å². The number of carbonyl (C=O) groups is 1. The highest BCUT2D eigenvalue weighted by Crippen LogP contribution is 2.17. The number of ether oxygens (including phenoxy) is 1. The Kier molecular flexibility index (Phi) is 5.45. The summed E-state index contributed by atoms with van der Waals surface area (Å²) in [5.74, 6) is -0.275. The number of hydroxylamine groups is 1. The summed E-state index contributed by atoms with van der Waals surface area (Å²) < 4.78 is 5.53. The third kappa shape index (κ3) is 3.92. The zero-order valence-corrected chi connectivity index (χ0v) is 10.8. The molecule has 1 rings (SSSR count). The lowest BCUT2D eigenvalue weighted by Crippen LogP contribution is -2.25. The minimum atomic E-state index is -0.275. The van der Waals surface area contributed by atoms with Crippen LogP contribution in [0, 0.1) is 6.92 Å². The number of aryl methyl sites for hydroxylation is 1. The van der Waals surface area contributed by atoms with E-state index in [1.807, 2.05) is 19.1 Å². The van der Waals surface area contributed by atoms with Crippen molar-refractivity contribution in [2.45, 2.75) is 6.92 Å². The Bertz CT molecular complexity index is 368. The van der Waals surface area contributed by atoms with Crippen LogP contribution >= 0.6 is 15.9 Å². The van der Waals surface area contributed by atoms with Gasteiger partial charge in [0.25, 0.3) is 5.91 Å². The molecular formula is C11H14BrNO3. The molecule has 1 amide bonds. The largest absolute Gasteiger partial charge is 0.382 e. The molecule has 0 atom stereocenters. The first-order chi connectivity index (χ1) is 7.65. The molecule has 0 aliphatic rings. The van der Waals surface area contributed by atoms with Crippen LogP contribution in [0.5, 0.6) is 0 Å². The molecule has 4 nitrogen and oxygen atoms in total. The zero-order chi connectivity index (χ0) is 12.0. The van der Waals surface area contributed by atoms with Gasteiger partial charge in [-0.2, -0.15) is 0 Å². The van der Waals surface area contributed by atoms with Gasteiger partial charge in [0.1, 0.15) is 0 Å². The Labute approximate surface area is 103 Å². The number of carbonyl (C=O) groups excluding carboxylic acids is 1. The lowest BCUT2D eigenvalue weighted by Gasteiger charge is -2.07. The van der Waals surface area contributed by atoms with Gasteiger partial charge in [-0.05, 0) is 40.5 Å². The van der Waals surface area contributed by atoms with Crippen LogP contribution < -0.4 is 5.48 Å². The highest BCUT2D eigenvalue weighted by molar-refractivity contribution is 9.10. The lowest BCUT2D eigenvalue weighted by molar-refractivity contribution is 0.00884. The summed E-state index contributed by atoms with van der Waals surface area (Å²) in [5.41, 5.74) is 3.98. The van der Waals surface area contributed by atoms with Gasteiger partial charge in [-0.15, -0.1) is 0 Å². The fraction of sp³-hybridized carbons (Fsp3) is 0.364. The van der Waals surface area contributed by atoms with Crippen molar-refractivity contribution in [3.05, 3.63) is 33.8 Å². The van der Waals surface area contributed by atoms with Crippen LogP contribution in [0.25, 0.3) is 0 Å². The molecule has 0 unspecified atom stereocenters. The maximum atomic E-state index is 11.6. The number of hydrogen-bond acceptors (Lipinski definition) is 3. The molecule has 1 aromatic carbocycles. The van der Waals surface area contributed by atoms with Crippen molar-refractivity contribution in [2.24, 2.45) is 0 Å². The first-order valence-corrected chi connectivity index (χ1v) is 5.61. The summed E-state index contributed by atoms with van der Waals surface area (Å²) in [7, 11) is 1.57. The van der Waals surface area contributed by atoms with Crippen molar-refractivity contribution in [1.82, 2.24) is 5.48 Å². The Hall–Kier alpha value is -0.910. The molecule has 0 saturated carbocycles. The monoisotopic (exact) mass is 287 g/mol. The molecule has 5 heteroatoms. The molecule has 0 fully saturated rings. The van der Waals surface area contributed by atoms with Crippen molar-refractivity contribution in [1.29, 1.82) is 0 Å². The molecule has 0 radical (unpaired) electrons. The Morgan fingerprint density at radius 3 is 2.81 bits per heavy atom. The summed E-state index contributed by atoms with van der Waals surface area (Å²) in [6.45, 7) is 2.72. The molecule has 0 bridgehead atoms. The van der Waals surface area contributed by atoms with E-state index in [1.54, 1.807) is 13.2 Å². The van der Waals surface area contributed by atoms with Gasteiger partial charge < -0.3 is 4.74 Å². The number of methoxy groups -OCH3 is 1. The minimum absolute atomic E-state index is 0.275. The van der Waals surface area contributed by atoms with Gasteiger partial charge in [-0.3, -0.25) is 9.63 Å². The second-order valence-electron chi connectivity index (χ2n) is 3.26. The van der Waals surface area contributed by atoms with Crippen LogP contribution in [0.4, 0.5) is 0 Å². The third-order valence-corrected chi connectivity index (χ3v) is 2.58. The second-order valence-corrected chi connectivity index (χ2v) is 4.11. The standard InChI is InChI=1S/C11H14BrNO3/c1-8-3-4-9(10(12)7-8)11(14)13-16-6-5-15-2/h3-4,7H,5-6H2,1-2H3,(H,13,14). The minimum Gasteiger partial charge on any atom is -0.382 e. The van der Waals surface area contributed by atoms with Crippen LogP contribution in [0.3, 0.4) is 0 Å². The molecule has 0 aliphatic heterocycles. The smallest absolute Gasteiger partial charge is 0.275 e. The maximum absolute atomic E-state index is 11.6. The summed E-state index contributed by atoms with van der Waals surface area (Å²) in [5, 5.41) is 0. The number of amides is 1. The molecule has 0 aliphatic carbocycles. The van der Waals surface area contributed by atoms with Gasteiger partial charge in [0, 0.05) is 11.6 Å². The number of rotatable bonds is 5. The van der Waals surface area contributed by atoms with E-state index in [1.165, 1.54) is 0 Å². The van der Waals surface area contributed by atoms with E-state index in [4.69, 9.17) is 9.57 Å². The van der Waals surface area contributed by atoms with Crippen LogP contribution in [-0.4, -0.2) is 26.2 Å². The van der Waals surface area contributed by atoms with Crippen LogP contribution in [0.15, 0.2) is 22.7 Å². The average molecular weight is 288 g/mol. The van der Waals surface area contributed by atoms with Gasteiger partial charge in [0.15, 0.2) is 0 Å². The highest BCUT2D eigenvalue weighted by Gasteiger charge is 2.09. The second kappa shape index (κ2) is 6.62. The third-order valence-electron chi connectivity index (χ3n) is 1.92. The Morgan fingerprint density at radius 2 is 2.19 bits per heavy atom. The van der Waals surface area contributed by atoms with Crippen LogP contribution in [0.1, 0.15) is 15.9 Å². The zero-order valence-electron chi connectivity index (χ0n) is 9.25. The van der Waals surface area contributed by atoms with Gasteiger partial charge in [-0.25, -0.2) is 5.48 Å². The van der Waals surface area contributed by atoms with Crippen molar-refractivity contribution in [3.8, 4) is 0 Å². The van der Waals surface area contributed by atoms with Crippen LogP contribution in [0.2, 0.25) is 0 Å². The van der Waals surface area contributed by atoms with Gasteiger partial charge in [0.05, 0.1) is 18.8 Å².